The summed E-state index contributed by atoms with van der Waals surface area (Å²) in [4.78, 5) is 33.1. The Balaban J connectivity index is 2.11. The van der Waals surface area contributed by atoms with E-state index in [1.807, 2.05) is 22.6 Å². The van der Waals surface area contributed by atoms with Gasteiger partial charge in [0, 0.05) is 22.2 Å². The fourth-order valence-electron chi connectivity index (χ4n) is 1.76. The van der Waals surface area contributed by atoms with Gasteiger partial charge < -0.3 is 10.4 Å². The van der Waals surface area contributed by atoms with Crippen LogP contribution in [0.1, 0.15) is 23.2 Å². The summed E-state index contributed by atoms with van der Waals surface area (Å²) >= 11 is 1.91. The average Bonchev–Trinajstić information content (AvgIpc) is 3.17. The normalized spacial score (nSPS) is 15.4. The van der Waals surface area contributed by atoms with Crippen LogP contribution < -0.4 is 5.32 Å². The van der Waals surface area contributed by atoms with E-state index in [1.165, 1.54) is 18.2 Å². The van der Waals surface area contributed by atoms with Crippen molar-refractivity contribution in [1.29, 1.82) is 0 Å². The molecular weight excluding hydrogens is 379 g/mol. The standard InChI is InChI=1S/C12H11IN2O5/c13-9-2-1-7(15(19)20)5-8(9)10(16)14-6-12(3-4-12)11(17)18/h1-2,5H,3-4,6H2,(H,14,16)(H,17,18). The maximum Gasteiger partial charge on any atom is 0.311 e. The van der Waals surface area contributed by atoms with Crippen LogP contribution in [0.4, 0.5) is 5.69 Å². The van der Waals surface area contributed by atoms with Crippen molar-refractivity contribution in [3.8, 4) is 0 Å². The molecule has 0 aliphatic heterocycles. The zero-order valence-electron chi connectivity index (χ0n) is 10.3. The Kier molecular flexibility index (Phi) is 3.93. The molecule has 2 rings (SSSR count). The van der Waals surface area contributed by atoms with Crippen molar-refractivity contribution in [3.05, 3.63) is 37.4 Å². The van der Waals surface area contributed by atoms with E-state index in [2.05, 4.69) is 5.32 Å². The number of carbonyl (C=O) groups is 2. The van der Waals surface area contributed by atoms with Gasteiger partial charge in [-0.15, -0.1) is 0 Å². The fraction of sp³-hybridized carbons (Fsp3) is 0.333. The Hall–Kier alpha value is -1.71. The molecule has 0 radical (unpaired) electrons. The molecule has 0 unspecified atom stereocenters. The van der Waals surface area contributed by atoms with E-state index in [0.717, 1.165) is 0 Å². The summed E-state index contributed by atoms with van der Waals surface area (Å²) in [6.07, 6.45) is 1.07. The number of nitrogens with zero attached hydrogens (tertiary/aromatic N) is 1. The van der Waals surface area contributed by atoms with Crippen molar-refractivity contribution < 1.29 is 19.6 Å². The molecular formula is C12H11IN2O5. The number of hydrogen-bond donors (Lipinski definition) is 2. The molecule has 0 saturated heterocycles. The summed E-state index contributed by atoms with van der Waals surface area (Å²) < 4.78 is 0.575. The molecule has 0 heterocycles. The number of nitro benzene ring substituents is 1. The highest BCUT2D eigenvalue weighted by Gasteiger charge is 2.50. The van der Waals surface area contributed by atoms with Crippen molar-refractivity contribution in [1.82, 2.24) is 5.32 Å². The summed E-state index contributed by atoms with van der Waals surface area (Å²) in [5.74, 6) is -1.42. The minimum absolute atomic E-state index is 0.0416. The average molecular weight is 390 g/mol. The molecule has 0 bridgehead atoms. The second-order valence-electron chi connectivity index (χ2n) is 4.69. The number of amides is 1. The van der Waals surface area contributed by atoms with Gasteiger partial charge in [-0.05, 0) is 41.5 Å². The third-order valence-electron chi connectivity index (χ3n) is 3.30. The lowest BCUT2D eigenvalue weighted by Crippen LogP contribution is -2.34. The van der Waals surface area contributed by atoms with Crippen LogP contribution in [0.5, 0.6) is 0 Å². The predicted octanol–water partition coefficient (Wildman–Crippen LogP) is 1.79. The van der Waals surface area contributed by atoms with Crippen molar-refractivity contribution in [3.63, 3.8) is 0 Å². The van der Waals surface area contributed by atoms with E-state index >= 15 is 0 Å². The van der Waals surface area contributed by atoms with E-state index < -0.39 is 22.2 Å². The lowest BCUT2D eigenvalue weighted by molar-refractivity contribution is -0.384. The second-order valence-corrected chi connectivity index (χ2v) is 5.85. The minimum atomic E-state index is -0.925. The summed E-state index contributed by atoms with van der Waals surface area (Å²) in [6.45, 7) is 0.0416. The van der Waals surface area contributed by atoms with Crippen LogP contribution in [0.3, 0.4) is 0 Å². The molecule has 106 valence electrons. The Morgan fingerprint density at radius 3 is 2.60 bits per heavy atom. The van der Waals surface area contributed by atoms with Crippen molar-refractivity contribution in [2.24, 2.45) is 5.41 Å². The number of nitro groups is 1. The Morgan fingerprint density at radius 2 is 2.10 bits per heavy atom. The van der Waals surface area contributed by atoms with Crippen molar-refractivity contribution >= 4 is 40.2 Å². The molecule has 0 spiro atoms. The highest BCUT2D eigenvalue weighted by molar-refractivity contribution is 14.1. The molecule has 0 aromatic heterocycles. The number of carboxylic acids is 1. The number of halogens is 1. The maximum atomic E-state index is 12.0. The van der Waals surface area contributed by atoms with Gasteiger partial charge in [0.05, 0.1) is 15.9 Å². The third kappa shape index (κ3) is 2.89. The maximum absolute atomic E-state index is 12.0. The predicted molar refractivity (Wildman–Crippen MR) is 77.4 cm³/mol. The molecule has 2 N–H and O–H groups in total. The van der Waals surface area contributed by atoms with Crippen LogP contribution in [0.25, 0.3) is 0 Å². The first-order valence-electron chi connectivity index (χ1n) is 5.81. The summed E-state index contributed by atoms with van der Waals surface area (Å²) in [6, 6.07) is 3.99. The summed E-state index contributed by atoms with van der Waals surface area (Å²) in [5.41, 5.74) is -0.849. The number of non-ortho nitro benzene ring substituents is 1. The Labute approximate surface area is 127 Å². The zero-order valence-corrected chi connectivity index (χ0v) is 12.4. The smallest absolute Gasteiger partial charge is 0.311 e. The first-order valence-corrected chi connectivity index (χ1v) is 6.89. The van der Waals surface area contributed by atoms with E-state index in [-0.39, 0.29) is 17.8 Å². The van der Waals surface area contributed by atoms with Crippen LogP contribution in [0, 0.1) is 19.1 Å². The second kappa shape index (κ2) is 5.35. The van der Waals surface area contributed by atoms with Crippen molar-refractivity contribution in [2.45, 2.75) is 12.8 Å². The molecule has 1 aliphatic carbocycles. The molecule has 1 aliphatic rings. The van der Waals surface area contributed by atoms with Gasteiger partial charge in [0.2, 0.25) is 0 Å². The molecule has 1 aromatic carbocycles. The van der Waals surface area contributed by atoms with Gasteiger partial charge in [-0.3, -0.25) is 19.7 Å². The molecule has 1 amide bonds. The third-order valence-corrected chi connectivity index (χ3v) is 4.24. The molecule has 7 nitrogen and oxygen atoms in total. The zero-order chi connectivity index (χ0) is 14.9. The lowest BCUT2D eigenvalue weighted by atomic mass is 10.1. The van der Waals surface area contributed by atoms with Crippen molar-refractivity contribution in [2.75, 3.05) is 6.54 Å². The van der Waals surface area contributed by atoms with Gasteiger partial charge in [0.25, 0.3) is 11.6 Å². The van der Waals surface area contributed by atoms with E-state index in [4.69, 9.17) is 5.11 Å². The molecule has 0 atom stereocenters. The number of aliphatic carboxylic acids is 1. The van der Waals surface area contributed by atoms with Gasteiger partial charge in [0.1, 0.15) is 0 Å². The number of nitrogens with one attached hydrogen (secondary N) is 1. The number of carbonyl (C=O) groups excluding carboxylic acids is 1. The van der Waals surface area contributed by atoms with Crippen LogP contribution >= 0.6 is 22.6 Å². The lowest BCUT2D eigenvalue weighted by Gasteiger charge is -2.11. The molecule has 1 fully saturated rings. The highest BCUT2D eigenvalue weighted by Crippen LogP contribution is 2.45. The quantitative estimate of drug-likeness (QED) is 0.453. The minimum Gasteiger partial charge on any atom is -0.481 e. The summed E-state index contributed by atoms with van der Waals surface area (Å²) in [5, 5.41) is 22.3. The first kappa shape index (κ1) is 14.7. The van der Waals surface area contributed by atoms with Crippen LogP contribution in [0.15, 0.2) is 18.2 Å². The molecule has 20 heavy (non-hydrogen) atoms. The largest absolute Gasteiger partial charge is 0.481 e. The molecule has 1 aromatic rings. The Morgan fingerprint density at radius 1 is 1.45 bits per heavy atom. The topological polar surface area (TPSA) is 110 Å². The Bertz CT molecular complexity index is 598. The van der Waals surface area contributed by atoms with E-state index in [1.54, 1.807) is 0 Å². The summed E-state index contributed by atoms with van der Waals surface area (Å²) in [7, 11) is 0. The molecule has 1 saturated carbocycles. The number of rotatable bonds is 5. The van der Waals surface area contributed by atoms with Gasteiger partial charge in [-0.25, -0.2) is 0 Å². The van der Waals surface area contributed by atoms with Crippen LogP contribution in [-0.2, 0) is 4.79 Å². The fourth-order valence-corrected chi connectivity index (χ4v) is 2.34. The van der Waals surface area contributed by atoms with E-state index in [9.17, 15) is 19.7 Å². The van der Waals surface area contributed by atoms with Gasteiger partial charge >= 0.3 is 5.97 Å². The number of carboxylic acid groups (broad SMARTS) is 1. The van der Waals surface area contributed by atoms with Gasteiger partial charge in [-0.1, -0.05) is 0 Å². The molecule has 8 heteroatoms. The number of benzene rings is 1. The van der Waals surface area contributed by atoms with Gasteiger partial charge in [-0.2, -0.15) is 0 Å². The van der Waals surface area contributed by atoms with Crippen LogP contribution in [-0.4, -0.2) is 28.5 Å². The first-order chi connectivity index (χ1) is 9.35. The van der Waals surface area contributed by atoms with Crippen LogP contribution in [0.2, 0.25) is 0 Å². The highest BCUT2D eigenvalue weighted by atomic mass is 127. The number of hydrogen-bond acceptors (Lipinski definition) is 4. The monoisotopic (exact) mass is 390 g/mol. The van der Waals surface area contributed by atoms with Gasteiger partial charge in [0.15, 0.2) is 0 Å². The van der Waals surface area contributed by atoms with E-state index in [0.29, 0.717) is 16.4 Å². The SMILES string of the molecule is O=C(NCC1(C(=O)O)CC1)c1cc([N+](=O)[O-])ccc1I.